The lowest BCUT2D eigenvalue weighted by atomic mass is 10.1. The second-order valence-corrected chi connectivity index (χ2v) is 4.93. The van der Waals surface area contributed by atoms with E-state index in [1.165, 1.54) is 5.56 Å². The van der Waals surface area contributed by atoms with Crippen LogP contribution in [0.25, 0.3) is 10.9 Å². The molecule has 1 aliphatic rings. The molecule has 19 heavy (non-hydrogen) atoms. The second kappa shape index (κ2) is 4.97. The summed E-state index contributed by atoms with van der Waals surface area (Å²) in [5.74, 6) is 1.01. The average Bonchev–Trinajstić information content (AvgIpc) is 2.47. The minimum atomic E-state index is 0.678. The van der Waals surface area contributed by atoms with E-state index in [9.17, 15) is 4.79 Å². The first-order valence-corrected chi connectivity index (χ1v) is 6.60. The van der Waals surface area contributed by atoms with Gasteiger partial charge in [0.05, 0.1) is 5.52 Å². The van der Waals surface area contributed by atoms with Gasteiger partial charge in [0.15, 0.2) is 0 Å². The first-order chi connectivity index (χ1) is 9.28. The third-order valence-electron chi connectivity index (χ3n) is 3.60. The Morgan fingerprint density at radius 2 is 2.05 bits per heavy atom. The molecule has 4 heteroatoms. The highest BCUT2D eigenvalue weighted by Gasteiger charge is 2.13. The van der Waals surface area contributed by atoms with Crippen LogP contribution in [0, 0.1) is 6.92 Å². The smallest absolute Gasteiger partial charge is 0.150 e. The van der Waals surface area contributed by atoms with Crippen LogP contribution in [0.5, 0.6) is 0 Å². The van der Waals surface area contributed by atoms with E-state index in [4.69, 9.17) is 4.98 Å². The van der Waals surface area contributed by atoms with Gasteiger partial charge in [-0.2, -0.15) is 0 Å². The summed E-state index contributed by atoms with van der Waals surface area (Å²) in [7, 11) is 0. The van der Waals surface area contributed by atoms with Crippen molar-refractivity contribution in [3.05, 3.63) is 35.4 Å². The number of hydrogen-bond donors (Lipinski definition) is 1. The lowest BCUT2D eigenvalue weighted by Crippen LogP contribution is -2.43. The third kappa shape index (κ3) is 2.31. The molecule has 98 valence electrons. The lowest BCUT2D eigenvalue weighted by molar-refractivity contribution is 0.112. The Morgan fingerprint density at radius 1 is 1.26 bits per heavy atom. The number of fused-ring (bicyclic) bond motifs is 1. The van der Waals surface area contributed by atoms with Crippen molar-refractivity contribution in [1.82, 2.24) is 10.3 Å². The molecule has 0 saturated carbocycles. The first kappa shape index (κ1) is 12.1. The molecule has 4 nitrogen and oxygen atoms in total. The van der Waals surface area contributed by atoms with E-state index >= 15 is 0 Å². The number of anilines is 1. The molecule has 0 bridgehead atoms. The minimum Gasteiger partial charge on any atom is -0.354 e. The summed E-state index contributed by atoms with van der Waals surface area (Å²) in [5, 5.41) is 4.45. The summed E-state index contributed by atoms with van der Waals surface area (Å²) in [6, 6.07) is 7.81. The van der Waals surface area contributed by atoms with Gasteiger partial charge in [0.25, 0.3) is 0 Å². The van der Waals surface area contributed by atoms with E-state index in [1.807, 2.05) is 18.2 Å². The Balaban J connectivity index is 2.08. The van der Waals surface area contributed by atoms with Crippen molar-refractivity contribution in [2.24, 2.45) is 0 Å². The molecule has 0 unspecified atom stereocenters. The number of hydrogen-bond acceptors (Lipinski definition) is 4. The number of carbonyl (C=O) groups is 1. The molecule has 2 aromatic rings. The summed E-state index contributed by atoms with van der Waals surface area (Å²) < 4.78 is 0. The Bertz CT molecular complexity index is 618. The van der Waals surface area contributed by atoms with Crippen molar-refractivity contribution in [2.75, 3.05) is 31.1 Å². The summed E-state index contributed by atoms with van der Waals surface area (Å²) in [5.41, 5.74) is 2.78. The molecule has 2 heterocycles. The number of aryl methyl sites for hydroxylation is 1. The zero-order valence-electron chi connectivity index (χ0n) is 11.0. The predicted octanol–water partition coefficient (Wildman–Crippen LogP) is 1.77. The zero-order chi connectivity index (χ0) is 13.2. The standard InChI is InChI=1S/C15H17N3O/c1-11-8-15(18-6-4-16-5-7-18)17-14-9-12(10-19)2-3-13(11)14/h2-3,8-10,16H,4-7H2,1H3. The number of benzene rings is 1. The molecule has 1 aliphatic heterocycles. The van der Waals surface area contributed by atoms with Crippen LogP contribution in [0.4, 0.5) is 5.82 Å². The number of piperazine rings is 1. The normalized spacial score (nSPS) is 15.7. The Morgan fingerprint density at radius 3 is 2.79 bits per heavy atom. The van der Waals surface area contributed by atoms with Gasteiger partial charge in [-0.25, -0.2) is 4.98 Å². The van der Waals surface area contributed by atoms with Gasteiger partial charge < -0.3 is 10.2 Å². The van der Waals surface area contributed by atoms with Crippen molar-refractivity contribution in [3.8, 4) is 0 Å². The number of aldehydes is 1. The third-order valence-corrected chi connectivity index (χ3v) is 3.60. The van der Waals surface area contributed by atoms with E-state index in [0.29, 0.717) is 5.56 Å². The summed E-state index contributed by atoms with van der Waals surface area (Å²) in [6.07, 6.45) is 0.869. The van der Waals surface area contributed by atoms with Crippen molar-refractivity contribution in [1.29, 1.82) is 0 Å². The van der Waals surface area contributed by atoms with Gasteiger partial charge in [-0.3, -0.25) is 4.79 Å². The molecule has 1 aromatic heterocycles. The minimum absolute atomic E-state index is 0.678. The second-order valence-electron chi connectivity index (χ2n) is 4.93. The van der Waals surface area contributed by atoms with Crippen molar-refractivity contribution in [3.63, 3.8) is 0 Å². The van der Waals surface area contributed by atoms with Crippen molar-refractivity contribution in [2.45, 2.75) is 6.92 Å². The number of rotatable bonds is 2. The van der Waals surface area contributed by atoms with Gasteiger partial charge in [-0.15, -0.1) is 0 Å². The van der Waals surface area contributed by atoms with E-state index in [1.54, 1.807) is 0 Å². The molecule has 0 aliphatic carbocycles. The molecule has 1 fully saturated rings. The van der Waals surface area contributed by atoms with Crippen LogP contribution < -0.4 is 10.2 Å². The number of carbonyl (C=O) groups excluding carboxylic acids is 1. The molecule has 1 aromatic carbocycles. The Kier molecular flexibility index (Phi) is 3.17. The van der Waals surface area contributed by atoms with Gasteiger partial charge >= 0.3 is 0 Å². The maximum Gasteiger partial charge on any atom is 0.150 e. The largest absolute Gasteiger partial charge is 0.354 e. The lowest BCUT2D eigenvalue weighted by Gasteiger charge is -2.28. The molecule has 0 amide bonds. The van der Waals surface area contributed by atoms with Crippen LogP contribution in [0.1, 0.15) is 15.9 Å². The van der Waals surface area contributed by atoms with E-state index in [2.05, 4.69) is 23.2 Å². The van der Waals surface area contributed by atoms with Gasteiger partial charge in [-0.1, -0.05) is 12.1 Å². The van der Waals surface area contributed by atoms with Crippen molar-refractivity contribution >= 4 is 23.0 Å². The molecule has 0 spiro atoms. The molecule has 1 saturated heterocycles. The summed E-state index contributed by atoms with van der Waals surface area (Å²) in [6.45, 7) is 6.03. The fraction of sp³-hybridized carbons (Fsp3) is 0.333. The highest BCUT2D eigenvalue weighted by Crippen LogP contribution is 2.23. The number of pyridine rings is 1. The van der Waals surface area contributed by atoms with Crippen LogP contribution >= 0.6 is 0 Å². The molecule has 0 radical (unpaired) electrons. The molecule has 0 atom stereocenters. The van der Waals surface area contributed by atoms with Gasteiger partial charge in [0, 0.05) is 37.1 Å². The number of aromatic nitrogens is 1. The van der Waals surface area contributed by atoms with E-state index in [-0.39, 0.29) is 0 Å². The number of nitrogens with one attached hydrogen (secondary N) is 1. The van der Waals surface area contributed by atoms with Gasteiger partial charge in [0.1, 0.15) is 12.1 Å². The summed E-state index contributed by atoms with van der Waals surface area (Å²) in [4.78, 5) is 17.9. The first-order valence-electron chi connectivity index (χ1n) is 6.60. The fourth-order valence-electron chi connectivity index (χ4n) is 2.53. The Hall–Kier alpha value is -1.94. The van der Waals surface area contributed by atoms with Crippen LogP contribution in [0.15, 0.2) is 24.3 Å². The summed E-state index contributed by atoms with van der Waals surface area (Å²) >= 11 is 0. The van der Waals surface area contributed by atoms with Gasteiger partial charge in [-0.05, 0) is 24.6 Å². The van der Waals surface area contributed by atoms with Crippen LogP contribution in [0.2, 0.25) is 0 Å². The average molecular weight is 255 g/mol. The molecule has 3 rings (SSSR count). The molecular weight excluding hydrogens is 238 g/mol. The highest BCUT2D eigenvalue weighted by molar-refractivity contribution is 5.89. The monoisotopic (exact) mass is 255 g/mol. The fourth-order valence-corrected chi connectivity index (χ4v) is 2.53. The number of nitrogens with zero attached hydrogens (tertiary/aromatic N) is 2. The Labute approximate surface area is 112 Å². The van der Waals surface area contributed by atoms with Crippen LogP contribution in [-0.2, 0) is 0 Å². The predicted molar refractivity (Wildman–Crippen MR) is 77.0 cm³/mol. The van der Waals surface area contributed by atoms with Crippen molar-refractivity contribution < 1.29 is 4.79 Å². The highest BCUT2D eigenvalue weighted by atomic mass is 16.1. The van der Waals surface area contributed by atoms with E-state index in [0.717, 1.165) is 49.2 Å². The van der Waals surface area contributed by atoms with Crippen LogP contribution in [0.3, 0.4) is 0 Å². The van der Waals surface area contributed by atoms with E-state index < -0.39 is 0 Å². The maximum atomic E-state index is 10.9. The SMILES string of the molecule is Cc1cc(N2CCNCC2)nc2cc(C=O)ccc12. The zero-order valence-corrected chi connectivity index (χ0v) is 11.0. The molecule has 1 N–H and O–H groups in total. The molecular formula is C15H17N3O. The maximum absolute atomic E-state index is 10.9. The van der Waals surface area contributed by atoms with Gasteiger partial charge in [0.2, 0.25) is 0 Å². The quantitative estimate of drug-likeness (QED) is 0.831. The topological polar surface area (TPSA) is 45.2 Å². The van der Waals surface area contributed by atoms with Crippen LogP contribution in [-0.4, -0.2) is 37.4 Å².